The molecule has 0 saturated carbocycles. The molecule has 0 aromatic heterocycles. The van der Waals surface area contributed by atoms with Crippen molar-refractivity contribution in [2.24, 2.45) is 23.5 Å². The van der Waals surface area contributed by atoms with E-state index in [1.54, 1.807) is 26.0 Å². The number of piperidine rings is 1. The molecule has 0 aromatic carbocycles. The van der Waals surface area contributed by atoms with Crippen molar-refractivity contribution in [1.29, 1.82) is 0 Å². The van der Waals surface area contributed by atoms with E-state index in [1.807, 2.05) is 16.0 Å². The molecule has 3 aliphatic rings. The number of unbranched alkanes of at least 4 members (excludes halogenated alkanes) is 3. The van der Waals surface area contributed by atoms with E-state index in [0.29, 0.717) is 12.3 Å². The van der Waals surface area contributed by atoms with Gasteiger partial charge in [0.25, 0.3) is 0 Å². The molecule has 0 aliphatic carbocycles. The highest BCUT2D eigenvalue weighted by Gasteiger charge is 2.45. The predicted molar refractivity (Wildman–Crippen MR) is 315 cm³/mol. The van der Waals surface area contributed by atoms with Gasteiger partial charge in [-0.2, -0.15) is 0 Å². The lowest BCUT2D eigenvalue weighted by atomic mass is 9.96. The molecule has 502 valence electrons. The van der Waals surface area contributed by atoms with Gasteiger partial charge in [-0.25, -0.2) is 0 Å². The Morgan fingerprint density at radius 3 is 1.68 bits per heavy atom. The summed E-state index contributed by atoms with van der Waals surface area (Å²) in [7, 11) is 0. The number of amides is 12. The Labute approximate surface area is 520 Å². The van der Waals surface area contributed by atoms with Gasteiger partial charge in [-0.1, -0.05) is 59.1 Å². The number of carboxylic acids is 4. The summed E-state index contributed by atoms with van der Waals surface area (Å²) in [6, 6.07) is -18.5. The van der Waals surface area contributed by atoms with Crippen molar-refractivity contribution in [2.45, 2.75) is 205 Å². The highest BCUT2D eigenvalue weighted by Crippen LogP contribution is 2.24. The number of carbonyl (C=O) groups is 16. The second-order valence-electron chi connectivity index (χ2n) is 23.5. The van der Waals surface area contributed by atoms with Crippen LogP contribution in [0.25, 0.3) is 0 Å². The van der Waals surface area contributed by atoms with Crippen molar-refractivity contribution in [3.05, 3.63) is 12.2 Å². The number of hydrogen-bond acceptors (Lipinski definition) is 17. The minimum Gasteiger partial charge on any atom is -0.481 e. The molecule has 12 amide bonds. The largest absolute Gasteiger partial charge is 0.481 e. The average Bonchev–Trinajstić information content (AvgIpc) is 1.43. The van der Waals surface area contributed by atoms with Gasteiger partial charge in [0.1, 0.15) is 54.4 Å². The fourth-order valence-corrected chi connectivity index (χ4v) is 10.2. The number of aliphatic carboxylic acids is 4. The van der Waals surface area contributed by atoms with Crippen molar-refractivity contribution in [2.75, 3.05) is 26.2 Å². The molecule has 3 heterocycles. The number of nitrogens with two attached hydrogens (primary N) is 1. The van der Waals surface area contributed by atoms with E-state index < -0.39 is 205 Å². The van der Waals surface area contributed by atoms with Crippen LogP contribution < -0.4 is 58.9 Å². The van der Waals surface area contributed by atoms with E-state index in [4.69, 9.17) is 5.73 Å². The van der Waals surface area contributed by atoms with Gasteiger partial charge in [-0.3, -0.25) is 76.7 Å². The molecule has 12 atom stereocenters. The van der Waals surface area contributed by atoms with E-state index in [-0.39, 0.29) is 51.6 Å². The Balaban J connectivity index is 2.18. The van der Waals surface area contributed by atoms with E-state index in [9.17, 15) is 92.3 Å². The maximum absolute atomic E-state index is 15.2. The molecule has 3 saturated heterocycles. The molecule has 0 unspecified atom stereocenters. The Kier molecular flexibility index (Phi) is 30.7. The molecular formula is C57H89N13O20. The topological polar surface area (TPSA) is 507 Å². The molecule has 3 rings (SSSR count). The fraction of sp³-hybridized carbons (Fsp3) is 0.684. The van der Waals surface area contributed by atoms with Crippen LogP contribution in [0.5, 0.6) is 0 Å². The number of carbonyl (C=O) groups excluding carboxylic acids is 12. The molecule has 0 radical (unpaired) electrons. The normalized spacial score (nSPS) is 25.5. The van der Waals surface area contributed by atoms with Crippen LogP contribution in [0.3, 0.4) is 0 Å². The van der Waals surface area contributed by atoms with Gasteiger partial charge in [0, 0.05) is 25.6 Å². The van der Waals surface area contributed by atoms with Gasteiger partial charge in [0.15, 0.2) is 0 Å². The van der Waals surface area contributed by atoms with Gasteiger partial charge in [-0.15, -0.1) is 0 Å². The van der Waals surface area contributed by atoms with Crippen LogP contribution >= 0.6 is 0 Å². The molecule has 16 N–H and O–H groups in total. The third-order valence-corrected chi connectivity index (χ3v) is 15.2. The molecular weight excluding hydrogens is 1190 g/mol. The lowest BCUT2D eigenvalue weighted by molar-refractivity contribution is -0.150. The number of fused-ring (bicyclic) bond motifs is 2. The summed E-state index contributed by atoms with van der Waals surface area (Å²) in [5.41, 5.74) is 6.11. The van der Waals surface area contributed by atoms with Crippen molar-refractivity contribution < 1.29 is 97.1 Å². The number of rotatable bonds is 21. The van der Waals surface area contributed by atoms with Gasteiger partial charge < -0.3 is 89.1 Å². The van der Waals surface area contributed by atoms with E-state index in [0.717, 1.165) is 42.4 Å². The average molecular weight is 1280 g/mol. The second-order valence-corrected chi connectivity index (χ2v) is 23.5. The molecule has 3 aliphatic heterocycles. The van der Waals surface area contributed by atoms with Gasteiger partial charge >= 0.3 is 23.9 Å². The smallest absolute Gasteiger partial charge is 0.308 e. The zero-order chi connectivity index (χ0) is 67.7. The first-order valence-electron chi connectivity index (χ1n) is 30.1. The molecule has 33 nitrogen and oxygen atoms in total. The summed E-state index contributed by atoms with van der Waals surface area (Å²) in [5, 5.41) is 62.2. The minimum atomic E-state index is -2.15. The Bertz CT molecular complexity index is 2690. The lowest BCUT2D eigenvalue weighted by Crippen LogP contribution is -2.66. The van der Waals surface area contributed by atoms with Gasteiger partial charge in [-0.05, 0) is 77.6 Å². The van der Waals surface area contributed by atoms with Crippen LogP contribution in [-0.2, 0) is 76.7 Å². The maximum atomic E-state index is 15.2. The summed E-state index contributed by atoms with van der Waals surface area (Å²) >= 11 is 0. The number of allylic oxidation sites excluding steroid dienone is 1. The minimum absolute atomic E-state index is 0.0220. The second kappa shape index (κ2) is 36.6. The quantitative estimate of drug-likeness (QED) is 0.0387. The molecule has 90 heavy (non-hydrogen) atoms. The Hall–Kier alpha value is -8.78. The van der Waals surface area contributed by atoms with Crippen molar-refractivity contribution >= 4 is 94.8 Å². The third kappa shape index (κ3) is 24.3. The van der Waals surface area contributed by atoms with Crippen LogP contribution in [-0.4, -0.2) is 218 Å². The first kappa shape index (κ1) is 75.5. The van der Waals surface area contributed by atoms with E-state index in [1.165, 1.54) is 13.8 Å². The zero-order valence-corrected chi connectivity index (χ0v) is 51.8. The molecule has 3 fully saturated rings. The number of nitrogens with zero attached hydrogens (tertiary/aromatic N) is 2. The summed E-state index contributed by atoms with van der Waals surface area (Å²) in [4.78, 5) is 218. The van der Waals surface area contributed by atoms with Crippen LogP contribution in [0.1, 0.15) is 138 Å². The fourth-order valence-electron chi connectivity index (χ4n) is 10.2. The summed E-state index contributed by atoms with van der Waals surface area (Å²) < 4.78 is 0. The highest BCUT2D eigenvalue weighted by atomic mass is 16.4. The Morgan fingerprint density at radius 2 is 1.12 bits per heavy atom. The van der Waals surface area contributed by atoms with Crippen LogP contribution in [0.4, 0.5) is 0 Å². The summed E-state index contributed by atoms with van der Waals surface area (Å²) in [5.74, 6) is -21.9. The predicted octanol–water partition coefficient (Wildman–Crippen LogP) is -3.80. The number of carboxylic acid groups (broad SMARTS) is 4. The first-order valence-corrected chi connectivity index (χ1v) is 30.1. The van der Waals surface area contributed by atoms with Gasteiger partial charge in [0.2, 0.25) is 70.9 Å². The highest BCUT2D eigenvalue weighted by molar-refractivity contribution is 6.01. The monoisotopic (exact) mass is 1280 g/mol. The molecule has 0 bridgehead atoms. The SMILES string of the molecule is CC(C)CCCCC/C=C/CC(=O)N[C@@H](CC(=O)O)C(=O)N[C@@H]1C(=O)N2CCCC[C@@H]2C(=O)N[C@@H]([C@H](C)C(=O)O)C(=O)N[C@@H](CC(=O)O)C(=O)NCC(=O)N[C@@H](CC(=O)O)C(=O)NCC(=O)N[C@H]([C@@H](C)N)C(=O)N[C@@H](C(C)C)C(=O)N2CCC[C@H]2C(=O)N[C@@H]1C. The first-order chi connectivity index (χ1) is 42.2. The molecule has 0 spiro atoms. The van der Waals surface area contributed by atoms with E-state index >= 15 is 4.79 Å². The maximum Gasteiger partial charge on any atom is 0.308 e. The van der Waals surface area contributed by atoms with Crippen LogP contribution in [0.15, 0.2) is 12.2 Å². The third-order valence-electron chi connectivity index (χ3n) is 15.2. The zero-order valence-electron chi connectivity index (χ0n) is 51.8. The lowest BCUT2D eigenvalue weighted by Gasteiger charge is -2.39. The van der Waals surface area contributed by atoms with Gasteiger partial charge in [0.05, 0.1) is 44.3 Å². The van der Waals surface area contributed by atoms with Crippen LogP contribution in [0, 0.1) is 17.8 Å². The molecule has 33 heteroatoms. The van der Waals surface area contributed by atoms with Crippen LogP contribution in [0.2, 0.25) is 0 Å². The Morgan fingerprint density at radius 1 is 0.589 bits per heavy atom. The van der Waals surface area contributed by atoms with E-state index in [2.05, 4.69) is 51.1 Å². The number of nitrogens with one attached hydrogen (secondary N) is 10. The summed E-state index contributed by atoms with van der Waals surface area (Å²) in [6.45, 7) is 8.60. The standard InChI is InChI=1S/C57H89N13O20/c1-28(2)17-12-10-8-9-11-13-20-38(71)62-35(25-43(78)79)50(82)68-47-32(7)61-51(83)37-19-16-22-70(37)55(87)44(29(3)4)66-54(86)46(31(6)58)65-40(73)27-60-48(80)33(23-41(74)75)63-39(72)26-59-49(81)34(24-42(76)77)64-53(85)45(30(5)57(89)90)67-52(84)36-18-14-15-21-69(36)56(47)88/h11,13,28-37,44-47H,8-10,12,14-27,58H2,1-7H3,(H,59,81)(H,60,80)(H,61,83)(H,62,71)(H,63,72)(H,64,85)(H,65,73)(H,66,86)(H,67,84)(H,68,82)(H,74,75)(H,76,77)(H,78,79)(H,89,90)/b13-11+/t30-,31+,32+,33-,34-,35-,36+,37-,44-,45-,46+,47-/m0/s1. The summed E-state index contributed by atoms with van der Waals surface area (Å²) in [6.07, 6.45) is 4.82. The molecule has 0 aromatic rings. The number of hydrogen-bond donors (Lipinski definition) is 15. The van der Waals surface area contributed by atoms with Crippen molar-refractivity contribution in [1.82, 2.24) is 63.0 Å². The van der Waals surface area contributed by atoms with Crippen molar-refractivity contribution in [3.63, 3.8) is 0 Å². The van der Waals surface area contributed by atoms with Crippen molar-refractivity contribution in [3.8, 4) is 0 Å².